The number of nitrogen functional groups attached to an aromatic ring is 1. The molecule has 1 aromatic heterocycles. The maximum Gasteiger partial charge on any atom is 0.255 e. The summed E-state index contributed by atoms with van der Waals surface area (Å²) in [5.74, 6) is 5.89. The predicted molar refractivity (Wildman–Crippen MR) is 77.8 cm³/mol. The summed E-state index contributed by atoms with van der Waals surface area (Å²) in [6.45, 7) is 8.21. The molecule has 1 rings (SSSR count). The van der Waals surface area contributed by atoms with Crippen LogP contribution in [0.15, 0.2) is 12.3 Å². The van der Waals surface area contributed by atoms with Gasteiger partial charge in [-0.3, -0.25) is 15.6 Å². The summed E-state index contributed by atoms with van der Waals surface area (Å²) in [5.41, 5.74) is 4.43. The van der Waals surface area contributed by atoms with E-state index in [-0.39, 0.29) is 11.9 Å². The zero-order valence-electron chi connectivity index (χ0n) is 12.2. The number of amides is 1. The Hall–Kier alpha value is -1.62. The Morgan fingerprint density at radius 1 is 1.47 bits per heavy atom. The quantitative estimate of drug-likeness (QED) is 0.543. The largest absolute Gasteiger partial charge is 0.349 e. The number of carbonyl (C=O) groups is 1. The number of nitrogens with two attached hydrogens (primary N) is 1. The molecule has 5 nitrogen and oxygen atoms in total. The molecule has 19 heavy (non-hydrogen) atoms. The zero-order chi connectivity index (χ0) is 14.4. The van der Waals surface area contributed by atoms with E-state index < -0.39 is 0 Å². The molecule has 0 bridgehead atoms. The van der Waals surface area contributed by atoms with Crippen LogP contribution in [-0.4, -0.2) is 16.9 Å². The fraction of sp³-hybridized carbons (Fsp3) is 0.571. The van der Waals surface area contributed by atoms with Crippen molar-refractivity contribution in [3.63, 3.8) is 0 Å². The second-order valence-corrected chi connectivity index (χ2v) is 5.14. The van der Waals surface area contributed by atoms with Gasteiger partial charge in [-0.15, -0.1) is 0 Å². The lowest BCUT2D eigenvalue weighted by Crippen LogP contribution is -2.34. The van der Waals surface area contributed by atoms with Crippen LogP contribution >= 0.6 is 0 Å². The van der Waals surface area contributed by atoms with Crippen molar-refractivity contribution in [1.82, 2.24) is 10.3 Å². The highest BCUT2D eigenvalue weighted by Gasteiger charge is 2.15. The number of nitrogens with zero attached hydrogens (tertiary/aromatic N) is 1. The van der Waals surface area contributed by atoms with E-state index in [4.69, 9.17) is 5.84 Å². The van der Waals surface area contributed by atoms with Gasteiger partial charge in [0.15, 0.2) is 0 Å². The number of anilines is 1. The highest BCUT2D eigenvalue weighted by molar-refractivity contribution is 5.99. The highest BCUT2D eigenvalue weighted by Crippen LogP contribution is 2.15. The van der Waals surface area contributed by atoms with E-state index in [1.54, 1.807) is 12.3 Å². The van der Waals surface area contributed by atoms with Gasteiger partial charge in [0.2, 0.25) is 0 Å². The lowest BCUT2D eigenvalue weighted by Gasteiger charge is -2.18. The van der Waals surface area contributed by atoms with Gasteiger partial charge in [-0.1, -0.05) is 20.3 Å². The third-order valence-electron chi connectivity index (χ3n) is 3.27. The summed E-state index contributed by atoms with van der Waals surface area (Å²) in [7, 11) is 0. The second kappa shape index (κ2) is 7.09. The van der Waals surface area contributed by atoms with E-state index in [2.05, 4.69) is 29.6 Å². The minimum Gasteiger partial charge on any atom is -0.349 e. The number of aromatic nitrogens is 1. The average molecular weight is 264 g/mol. The first-order chi connectivity index (χ1) is 8.97. The molecule has 0 aliphatic heterocycles. The number of hydrogen-bond donors (Lipinski definition) is 3. The van der Waals surface area contributed by atoms with E-state index in [0.29, 0.717) is 17.2 Å². The third kappa shape index (κ3) is 4.52. The van der Waals surface area contributed by atoms with Crippen LogP contribution in [0.4, 0.5) is 5.69 Å². The average Bonchev–Trinajstić information content (AvgIpc) is 2.37. The standard InChI is InChI=1S/C14H24N4O/c1-5-9(2)6-11(4)17-14(19)12-8-16-10(3)7-13(12)18-15/h7-9,11H,5-6,15H2,1-4H3,(H,16,18)(H,17,19). The second-order valence-electron chi connectivity index (χ2n) is 5.14. The summed E-state index contributed by atoms with van der Waals surface area (Å²) in [5, 5.41) is 2.98. The molecule has 0 aromatic carbocycles. The smallest absolute Gasteiger partial charge is 0.255 e. The number of pyridine rings is 1. The first-order valence-corrected chi connectivity index (χ1v) is 6.72. The summed E-state index contributed by atoms with van der Waals surface area (Å²) in [6.07, 6.45) is 3.63. The normalized spacial score (nSPS) is 13.7. The van der Waals surface area contributed by atoms with Crippen molar-refractivity contribution in [1.29, 1.82) is 0 Å². The third-order valence-corrected chi connectivity index (χ3v) is 3.27. The summed E-state index contributed by atoms with van der Waals surface area (Å²) >= 11 is 0. The molecule has 0 saturated carbocycles. The first-order valence-electron chi connectivity index (χ1n) is 6.72. The molecule has 1 heterocycles. The minimum atomic E-state index is -0.142. The van der Waals surface area contributed by atoms with Crippen molar-refractivity contribution in [2.45, 2.75) is 46.6 Å². The molecule has 2 unspecified atom stereocenters. The molecule has 1 aromatic rings. The van der Waals surface area contributed by atoms with Gasteiger partial charge in [0.25, 0.3) is 5.91 Å². The molecule has 1 amide bonds. The summed E-state index contributed by atoms with van der Waals surface area (Å²) < 4.78 is 0. The van der Waals surface area contributed by atoms with E-state index in [1.807, 2.05) is 13.8 Å². The van der Waals surface area contributed by atoms with Gasteiger partial charge in [0, 0.05) is 17.9 Å². The number of nitrogens with one attached hydrogen (secondary N) is 2. The van der Waals surface area contributed by atoms with Crippen molar-refractivity contribution in [2.75, 3.05) is 5.43 Å². The van der Waals surface area contributed by atoms with Gasteiger partial charge in [-0.2, -0.15) is 0 Å². The Morgan fingerprint density at radius 3 is 2.74 bits per heavy atom. The Balaban J connectivity index is 2.73. The molecule has 2 atom stereocenters. The van der Waals surface area contributed by atoms with Crippen molar-refractivity contribution >= 4 is 11.6 Å². The molecule has 0 aliphatic carbocycles. The Bertz CT molecular complexity index is 433. The minimum absolute atomic E-state index is 0.134. The van der Waals surface area contributed by atoms with Crippen LogP contribution in [0.1, 0.15) is 49.7 Å². The Kier molecular flexibility index (Phi) is 5.76. The molecular formula is C14H24N4O. The van der Waals surface area contributed by atoms with E-state index in [1.165, 1.54) is 0 Å². The van der Waals surface area contributed by atoms with Crippen LogP contribution < -0.4 is 16.6 Å². The lowest BCUT2D eigenvalue weighted by atomic mass is 10.00. The maximum absolute atomic E-state index is 12.2. The van der Waals surface area contributed by atoms with Crippen molar-refractivity contribution in [3.8, 4) is 0 Å². The number of hydrogen-bond acceptors (Lipinski definition) is 4. The fourth-order valence-corrected chi connectivity index (χ4v) is 1.99. The Morgan fingerprint density at radius 2 is 2.16 bits per heavy atom. The van der Waals surface area contributed by atoms with Crippen molar-refractivity contribution in [2.24, 2.45) is 11.8 Å². The van der Waals surface area contributed by atoms with E-state index in [9.17, 15) is 4.79 Å². The number of carbonyl (C=O) groups excluding carboxylic acids is 1. The molecule has 0 aliphatic rings. The lowest BCUT2D eigenvalue weighted by molar-refractivity contribution is 0.0936. The van der Waals surface area contributed by atoms with Crippen molar-refractivity contribution in [3.05, 3.63) is 23.5 Å². The van der Waals surface area contributed by atoms with Crippen LogP contribution in [-0.2, 0) is 0 Å². The first kappa shape index (κ1) is 15.4. The van der Waals surface area contributed by atoms with Gasteiger partial charge in [-0.25, -0.2) is 0 Å². The van der Waals surface area contributed by atoms with Crippen LogP contribution in [0, 0.1) is 12.8 Å². The van der Waals surface area contributed by atoms with Gasteiger partial charge >= 0.3 is 0 Å². The highest BCUT2D eigenvalue weighted by atomic mass is 16.1. The van der Waals surface area contributed by atoms with E-state index in [0.717, 1.165) is 18.5 Å². The van der Waals surface area contributed by atoms with Gasteiger partial charge in [0.1, 0.15) is 0 Å². The summed E-state index contributed by atoms with van der Waals surface area (Å²) in [6, 6.07) is 1.89. The predicted octanol–water partition coefficient (Wildman–Crippen LogP) is 2.23. The molecule has 0 radical (unpaired) electrons. The van der Waals surface area contributed by atoms with Crippen LogP contribution in [0.5, 0.6) is 0 Å². The summed E-state index contributed by atoms with van der Waals surface area (Å²) in [4.78, 5) is 16.3. The monoisotopic (exact) mass is 264 g/mol. The van der Waals surface area contributed by atoms with Gasteiger partial charge < -0.3 is 10.7 Å². The van der Waals surface area contributed by atoms with E-state index >= 15 is 0 Å². The van der Waals surface area contributed by atoms with Crippen LogP contribution in [0.3, 0.4) is 0 Å². The van der Waals surface area contributed by atoms with Gasteiger partial charge in [-0.05, 0) is 32.3 Å². The SMILES string of the molecule is CCC(C)CC(C)NC(=O)c1cnc(C)cc1NN. The maximum atomic E-state index is 12.2. The van der Waals surface area contributed by atoms with Crippen molar-refractivity contribution < 1.29 is 4.79 Å². The topological polar surface area (TPSA) is 80.0 Å². The fourth-order valence-electron chi connectivity index (χ4n) is 1.99. The molecule has 106 valence electrons. The zero-order valence-corrected chi connectivity index (χ0v) is 12.2. The Labute approximate surface area is 115 Å². The van der Waals surface area contributed by atoms with Crippen LogP contribution in [0.25, 0.3) is 0 Å². The van der Waals surface area contributed by atoms with Crippen LogP contribution in [0.2, 0.25) is 0 Å². The molecule has 0 spiro atoms. The number of aryl methyl sites for hydroxylation is 1. The molecule has 0 fully saturated rings. The number of rotatable bonds is 6. The molecule has 4 N–H and O–H groups in total. The molecule has 0 saturated heterocycles. The molecular weight excluding hydrogens is 240 g/mol. The molecule has 5 heteroatoms. The number of hydrazine groups is 1. The van der Waals surface area contributed by atoms with Gasteiger partial charge in [0.05, 0.1) is 11.3 Å².